The summed E-state index contributed by atoms with van der Waals surface area (Å²) >= 11 is 0. The SMILES string of the molecule is CC.[B]N1Cc2cccc(C)c2C1=O. The van der Waals surface area contributed by atoms with Crippen LogP contribution in [0.1, 0.15) is 35.3 Å². The molecular formula is C11H14BNO. The van der Waals surface area contributed by atoms with Gasteiger partial charge < -0.3 is 4.81 Å². The lowest BCUT2D eigenvalue weighted by Crippen LogP contribution is -2.19. The van der Waals surface area contributed by atoms with Crippen LogP contribution in [0.2, 0.25) is 0 Å². The Hall–Kier alpha value is -1.25. The van der Waals surface area contributed by atoms with Crippen molar-refractivity contribution in [3.63, 3.8) is 0 Å². The van der Waals surface area contributed by atoms with Crippen molar-refractivity contribution in [3.8, 4) is 0 Å². The second kappa shape index (κ2) is 4.31. The fourth-order valence-electron chi connectivity index (χ4n) is 1.57. The molecular weight excluding hydrogens is 173 g/mol. The van der Waals surface area contributed by atoms with Crippen LogP contribution in [-0.4, -0.2) is 18.7 Å². The highest BCUT2D eigenvalue weighted by Gasteiger charge is 2.24. The minimum atomic E-state index is -0.0666. The van der Waals surface area contributed by atoms with Crippen molar-refractivity contribution >= 4 is 13.9 Å². The summed E-state index contributed by atoms with van der Waals surface area (Å²) < 4.78 is 0. The van der Waals surface area contributed by atoms with Crippen LogP contribution in [-0.2, 0) is 6.54 Å². The lowest BCUT2D eigenvalue weighted by atomic mass is 10.0. The summed E-state index contributed by atoms with van der Waals surface area (Å²) in [5, 5.41) is 0. The smallest absolute Gasteiger partial charge is 0.241 e. The Kier molecular flexibility index (Phi) is 3.34. The molecule has 1 amide bonds. The predicted octanol–water partition coefficient (Wildman–Crippen LogP) is 2.06. The molecule has 0 spiro atoms. The number of hydrogen-bond acceptors (Lipinski definition) is 1. The molecule has 1 aromatic carbocycles. The number of carbonyl (C=O) groups excluding carboxylic acids is 1. The molecule has 1 aliphatic heterocycles. The van der Waals surface area contributed by atoms with E-state index in [9.17, 15) is 4.79 Å². The zero-order valence-corrected chi connectivity index (χ0v) is 8.87. The fourth-order valence-corrected chi connectivity index (χ4v) is 1.57. The van der Waals surface area contributed by atoms with Gasteiger partial charge in [-0.2, -0.15) is 0 Å². The van der Waals surface area contributed by atoms with E-state index in [2.05, 4.69) is 0 Å². The summed E-state index contributed by atoms with van der Waals surface area (Å²) in [6.07, 6.45) is 0. The number of benzene rings is 1. The Bertz CT molecular complexity index is 349. The van der Waals surface area contributed by atoms with Gasteiger partial charge in [0.1, 0.15) is 0 Å². The number of rotatable bonds is 0. The molecule has 0 unspecified atom stereocenters. The molecule has 0 N–H and O–H groups in total. The first-order valence-electron chi connectivity index (χ1n) is 4.85. The van der Waals surface area contributed by atoms with Crippen LogP contribution in [0.3, 0.4) is 0 Å². The molecule has 2 rings (SSSR count). The van der Waals surface area contributed by atoms with Gasteiger partial charge in [0.2, 0.25) is 13.9 Å². The fraction of sp³-hybridized carbons (Fsp3) is 0.364. The van der Waals surface area contributed by atoms with Crippen molar-refractivity contribution in [3.05, 3.63) is 34.9 Å². The van der Waals surface area contributed by atoms with Crippen LogP contribution in [0, 0.1) is 6.92 Å². The van der Waals surface area contributed by atoms with Crippen molar-refractivity contribution in [2.45, 2.75) is 27.3 Å². The van der Waals surface area contributed by atoms with Crippen LogP contribution in [0.4, 0.5) is 0 Å². The quantitative estimate of drug-likeness (QED) is 0.569. The van der Waals surface area contributed by atoms with E-state index in [0.29, 0.717) is 6.54 Å². The number of hydrogen-bond donors (Lipinski definition) is 0. The summed E-state index contributed by atoms with van der Waals surface area (Å²) in [7, 11) is 5.48. The van der Waals surface area contributed by atoms with Gasteiger partial charge in [0.05, 0.1) is 0 Å². The molecule has 0 atom stereocenters. The first kappa shape index (κ1) is 10.8. The van der Waals surface area contributed by atoms with Gasteiger partial charge in [0.15, 0.2) is 0 Å². The molecule has 0 fully saturated rings. The second-order valence-electron chi connectivity index (χ2n) is 3.04. The molecule has 2 radical (unpaired) electrons. The summed E-state index contributed by atoms with van der Waals surface area (Å²) in [6, 6.07) is 5.81. The van der Waals surface area contributed by atoms with Gasteiger partial charge >= 0.3 is 0 Å². The van der Waals surface area contributed by atoms with E-state index < -0.39 is 0 Å². The molecule has 3 heteroatoms. The van der Waals surface area contributed by atoms with Gasteiger partial charge in [-0.15, -0.1) is 0 Å². The number of aryl methyl sites for hydroxylation is 1. The zero-order valence-electron chi connectivity index (χ0n) is 8.87. The van der Waals surface area contributed by atoms with Gasteiger partial charge in [0.25, 0.3) is 0 Å². The summed E-state index contributed by atoms with van der Waals surface area (Å²) in [4.78, 5) is 12.7. The first-order valence-corrected chi connectivity index (χ1v) is 4.85. The molecule has 0 saturated heterocycles. The molecule has 14 heavy (non-hydrogen) atoms. The number of fused-ring (bicyclic) bond motifs is 1. The molecule has 1 aliphatic rings. The Balaban J connectivity index is 0.000000461. The van der Waals surface area contributed by atoms with E-state index in [1.165, 1.54) is 4.81 Å². The third-order valence-corrected chi connectivity index (χ3v) is 2.17. The second-order valence-corrected chi connectivity index (χ2v) is 3.04. The molecule has 1 heterocycles. The van der Waals surface area contributed by atoms with Crippen molar-refractivity contribution in [2.24, 2.45) is 0 Å². The minimum Gasteiger partial charge on any atom is -0.389 e. The predicted molar refractivity (Wildman–Crippen MR) is 58.2 cm³/mol. The number of nitrogens with zero attached hydrogens (tertiary/aromatic N) is 1. The van der Waals surface area contributed by atoms with Crippen molar-refractivity contribution in [2.75, 3.05) is 0 Å². The zero-order chi connectivity index (χ0) is 10.7. The van der Waals surface area contributed by atoms with Crippen LogP contribution in [0.5, 0.6) is 0 Å². The van der Waals surface area contributed by atoms with Crippen LogP contribution < -0.4 is 0 Å². The maximum Gasteiger partial charge on any atom is 0.241 e. The van der Waals surface area contributed by atoms with Crippen molar-refractivity contribution < 1.29 is 4.79 Å². The summed E-state index contributed by atoms with van der Waals surface area (Å²) in [5.74, 6) is -0.0666. The van der Waals surface area contributed by atoms with E-state index in [4.69, 9.17) is 7.98 Å². The third-order valence-electron chi connectivity index (χ3n) is 2.17. The first-order chi connectivity index (χ1) is 6.70. The summed E-state index contributed by atoms with van der Waals surface area (Å²) in [6.45, 7) is 6.46. The van der Waals surface area contributed by atoms with Crippen LogP contribution in [0.15, 0.2) is 18.2 Å². The monoisotopic (exact) mass is 187 g/mol. The molecule has 0 aromatic heterocycles. The van der Waals surface area contributed by atoms with E-state index in [-0.39, 0.29) is 5.91 Å². The highest BCUT2D eigenvalue weighted by Crippen LogP contribution is 2.23. The van der Waals surface area contributed by atoms with Crippen molar-refractivity contribution in [1.29, 1.82) is 0 Å². The average molecular weight is 187 g/mol. The molecule has 0 bridgehead atoms. The standard InChI is InChI=1S/C9H8BNO.C2H6/c1-6-3-2-4-7-5-11(10)9(12)8(6)7;1-2/h2-4H,5H2,1H3;1-2H3. The minimum absolute atomic E-state index is 0.0666. The Morgan fingerprint density at radius 3 is 2.57 bits per heavy atom. The van der Waals surface area contributed by atoms with Gasteiger partial charge in [0, 0.05) is 12.1 Å². The van der Waals surface area contributed by atoms with Gasteiger partial charge in [-0.25, -0.2) is 0 Å². The normalized spacial score (nSPS) is 13.4. The molecule has 2 nitrogen and oxygen atoms in total. The Morgan fingerprint density at radius 1 is 1.36 bits per heavy atom. The lowest BCUT2D eigenvalue weighted by molar-refractivity contribution is 0.0880. The lowest BCUT2D eigenvalue weighted by Gasteiger charge is -2.05. The van der Waals surface area contributed by atoms with Crippen LogP contribution >= 0.6 is 0 Å². The highest BCUT2D eigenvalue weighted by atomic mass is 16.2. The molecule has 0 aliphatic carbocycles. The maximum atomic E-state index is 11.4. The molecule has 1 aromatic rings. The third kappa shape index (κ3) is 1.67. The van der Waals surface area contributed by atoms with Crippen molar-refractivity contribution in [1.82, 2.24) is 4.81 Å². The summed E-state index contributed by atoms with van der Waals surface area (Å²) in [5.41, 5.74) is 2.81. The number of amides is 1. The van der Waals surface area contributed by atoms with E-state index in [1.54, 1.807) is 0 Å². The Morgan fingerprint density at radius 2 is 2.00 bits per heavy atom. The number of carbonyl (C=O) groups is 1. The average Bonchev–Trinajstić information content (AvgIpc) is 2.47. The topological polar surface area (TPSA) is 20.3 Å². The van der Waals surface area contributed by atoms with Gasteiger partial charge in [-0.1, -0.05) is 32.0 Å². The Labute approximate surface area is 86.4 Å². The highest BCUT2D eigenvalue weighted by molar-refractivity contribution is 6.20. The van der Waals surface area contributed by atoms with Gasteiger partial charge in [-0.3, -0.25) is 4.79 Å². The van der Waals surface area contributed by atoms with E-state index in [0.717, 1.165) is 16.7 Å². The van der Waals surface area contributed by atoms with E-state index in [1.807, 2.05) is 39.0 Å². The van der Waals surface area contributed by atoms with E-state index >= 15 is 0 Å². The van der Waals surface area contributed by atoms with Crippen LogP contribution in [0.25, 0.3) is 0 Å². The maximum absolute atomic E-state index is 11.4. The molecule has 0 saturated carbocycles. The largest absolute Gasteiger partial charge is 0.389 e. The van der Waals surface area contributed by atoms with Gasteiger partial charge in [-0.05, 0) is 18.1 Å². The molecule has 72 valence electrons.